The summed E-state index contributed by atoms with van der Waals surface area (Å²) in [5.41, 5.74) is 3.87. The predicted molar refractivity (Wildman–Crippen MR) is 111 cm³/mol. The fraction of sp³-hybridized carbons (Fsp3) is 0.286. The smallest absolute Gasteiger partial charge is 0.306 e. The van der Waals surface area contributed by atoms with Gasteiger partial charge in [-0.15, -0.1) is 0 Å². The van der Waals surface area contributed by atoms with Crippen LogP contribution in [0.3, 0.4) is 0 Å². The topological polar surface area (TPSA) is 91.3 Å². The van der Waals surface area contributed by atoms with E-state index in [0.29, 0.717) is 23.8 Å². The standard InChI is InChI=1S/C21H20N4O3S/c26-20(27)13-5-7-25(8-6-13)12-14-10-22-17-9-15(11-23-19(14)17)28-21-24-16-3-1-2-4-18(16)29-21/h1-4,9-11,13,22H,5-8,12H2,(H,26,27). The molecule has 1 aliphatic rings. The van der Waals surface area contributed by atoms with Gasteiger partial charge in [-0.05, 0) is 38.1 Å². The number of carboxylic acids is 1. The van der Waals surface area contributed by atoms with Gasteiger partial charge in [0.05, 0.1) is 33.4 Å². The third kappa shape index (κ3) is 3.68. The molecule has 1 fully saturated rings. The third-order valence-electron chi connectivity index (χ3n) is 5.38. The number of piperidine rings is 1. The highest BCUT2D eigenvalue weighted by molar-refractivity contribution is 7.20. The molecule has 5 rings (SSSR count). The lowest BCUT2D eigenvalue weighted by molar-refractivity contribution is -0.143. The first-order chi connectivity index (χ1) is 14.2. The van der Waals surface area contributed by atoms with Gasteiger partial charge in [0.2, 0.25) is 0 Å². The number of aromatic amines is 1. The number of hydrogen-bond donors (Lipinski definition) is 2. The van der Waals surface area contributed by atoms with Gasteiger partial charge in [-0.2, -0.15) is 0 Å². The van der Waals surface area contributed by atoms with Crippen LogP contribution in [0.4, 0.5) is 0 Å². The molecular formula is C21H20N4O3S. The molecule has 0 radical (unpaired) electrons. The number of benzene rings is 1. The van der Waals surface area contributed by atoms with E-state index in [-0.39, 0.29) is 5.92 Å². The van der Waals surface area contributed by atoms with E-state index in [2.05, 4.69) is 19.9 Å². The van der Waals surface area contributed by atoms with E-state index in [1.54, 1.807) is 6.20 Å². The van der Waals surface area contributed by atoms with E-state index in [1.807, 2.05) is 36.5 Å². The van der Waals surface area contributed by atoms with Crippen LogP contribution >= 0.6 is 11.3 Å². The van der Waals surface area contributed by atoms with Gasteiger partial charge >= 0.3 is 5.97 Å². The molecule has 0 aliphatic carbocycles. The number of nitrogens with one attached hydrogen (secondary N) is 1. The monoisotopic (exact) mass is 408 g/mol. The number of rotatable bonds is 5. The number of thiazole rings is 1. The molecule has 0 bridgehead atoms. The van der Waals surface area contributed by atoms with E-state index in [9.17, 15) is 4.79 Å². The summed E-state index contributed by atoms with van der Waals surface area (Å²) < 4.78 is 7.01. The SMILES string of the molecule is O=C(O)C1CCN(Cc2c[nH]c3cc(Oc4nc5ccccc5s4)cnc23)CC1. The summed E-state index contributed by atoms with van der Waals surface area (Å²) in [4.78, 5) is 25.8. The quantitative estimate of drug-likeness (QED) is 0.513. The molecule has 1 saturated heterocycles. The number of aliphatic carboxylic acids is 1. The van der Waals surface area contributed by atoms with Crippen molar-refractivity contribution in [1.82, 2.24) is 19.9 Å². The first-order valence-corrected chi connectivity index (χ1v) is 10.4. The molecule has 3 aromatic heterocycles. The lowest BCUT2D eigenvalue weighted by Crippen LogP contribution is -2.35. The Kier molecular flexibility index (Phi) is 4.65. The molecular weight excluding hydrogens is 388 g/mol. The first-order valence-electron chi connectivity index (χ1n) is 9.60. The van der Waals surface area contributed by atoms with Crippen molar-refractivity contribution in [2.75, 3.05) is 13.1 Å². The van der Waals surface area contributed by atoms with Crippen molar-refractivity contribution in [2.45, 2.75) is 19.4 Å². The lowest BCUT2D eigenvalue weighted by Gasteiger charge is -2.29. The first kappa shape index (κ1) is 18.1. The van der Waals surface area contributed by atoms with E-state index < -0.39 is 5.97 Å². The minimum absolute atomic E-state index is 0.213. The number of carbonyl (C=O) groups is 1. The van der Waals surface area contributed by atoms with Gasteiger partial charge in [0, 0.05) is 24.4 Å². The molecule has 29 heavy (non-hydrogen) atoms. The number of hydrogen-bond acceptors (Lipinski definition) is 6. The Bertz CT molecular complexity index is 1140. The summed E-state index contributed by atoms with van der Waals surface area (Å²) in [6.07, 6.45) is 5.10. The van der Waals surface area contributed by atoms with Crippen molar-refractivity contribution >= 4 is 38.6 Å². The molecule has 0 unspecified atom stereocenters. The number of pyridine rings is 1. The van der Waals surface area contributed by atoms with Crippen LogP contribution in [0.2, 0.25) is 0 Å². The summed E-state index contributed by atoms with van der Waals surface area (Å²) in [5, 5.41) is 9.74. The fourth-order valence-corrected chi connectivity index (χ4v) is 4.63. The number of likely N-dealkylation sites (tertiary alicyclic amines) is 1. The molecule has 8 heteroatoms. The Morgan fingerprint density at radius 1 is 1.31 bits per heavy atom. The molecule has 2 N–H and O–H groups in total. The van der Waals surface area contributed by atoms with Crippen molar-refractivity contribution in [3.05, 3.63) is 48.3 Å². The highest BCUT2D eigenvalue weighted by atomic mass is 32.1. The normalized spacial score (nSPS) is 15.9. The Morgan fingerprint density at radius 3 is 2.93 bits per heavy atom. The molecule has 4 aromatic rings. The maximum absolute atomic E-state index is 11.1. The van der Waals surface area contributed by atoms with Crippen molar-refractivity contribution in [3.63, 3.8) is 0 Å². The summed E-state index contributed by atoms with van der Waals surface area (Å²) >= 11 is 1.51. The average molecular weight is 408 g/mol. The fourth-order valence-electron chi connectivity index (χ4n) is 3.80. The molecule has 0 saturated carbocycles. The van der Waals surface area contributed by atoms with Crippen molar-refractivity contribution < 1.29 is 14.6 Å². The maximum atomic E-state index is 11.1. The van der Waals surface area contributed by atoms with Gasteiger partial charge in [0.15, 0.2) is 5.75 Å². The van der Waals surface area contributed by atoms with Crippen LogP contribution in [0, 0.1) is 5.92 Å². The highest BCUT2D eigenvalue weighted by Crippen LogP contribution is 2.32. The van der Waals surface area contributed by atoms with Gasteiger partial charge in [-0.3, -0.25) is 14.7 Å². The van der Waals surface area contributed by atoms with E-state index in [1.165, 1.54) is 11.3 Å². The van der Waals surface area contributed by atoms with Crippen LogP contribution in [0.25, 0.3) is 21.3 Å². The lowest BCUT2D eigenvalue weighted by atomic mass is 9.97. The summed E-state index contributed by atoms with van der Waals surface area (Å²) in [7, 11) is 0. The Labute approximate surface area is 171 Å². The van der Waals surface area contributed by atoms with Crippen LogP contribution in [-0.2, 0) is 11.3 Å². The van der Waals surface area contributed by atoms with Gasteiger partial charge in [0.25, 0.3) is 5.19 Å². The Hall–Kier alpha value is -2.97. The molecule has 0 amide bonds. The van der Waals surface area contributed by atoms with Crippen LogP contribution in [-0.4, -0.2) is 44.0 Å². The minimum atomic E-state index is -0.681. The van der Waals surface area contributed by atoms with Crippen LogP contribution in [0.1, 0.15) is 18.4 Å². The van der Waals surface area contributed by atoms with Gasteiger partial charge in [-0.25, -0.2) is 4.98 Å². The molecule has 1 aromatic carbocycles. The van der Waals surface area contributed by atoms with E-state index in [0.717, 1.165) is 46.4 Å². The zero-order valence-electron chi connectivity index (χ0n) is 15.7. The zero-order chi connectivity index (χ0) is 19.8. The van der Waals surface area contributed by atoms with Crippen molar-refractivity contribution in [1.29, 1.82) is 0 Å². The predicted octanol–water partition coefficient (Wildman–Crippen LogP) is 4.26. The number of para-hydroxylation sites is 1. The average Bonchev–Trinajstić information content (AvgIpc) is 3.31. The van der Waals surface area contributed by atoms with Gasteiger partial charge < -0.3 is 14.8 Å². The summed E-state index contributed by atoms with van der Waals surface area (Å²) in [6, 6.07) is 9.88. The van der Waals surface area contributed by atoms with Gasteiger partial charge in [-0.1, -0.05) is 23.5 Å². The largest absolute Gasteiger partial charge is 0.481 e. The Balaban J connectivity index is 1.30. The molecule has 7 nitrogen and oxygen atoms in total. The van der Waals surface area contributed by atoms with Crippen LogP contribution in [0.5, 0.6) is 10.9 Å². The number of ether oxygens (including phenoxy) is 1. The molecule has 1 aliphatic heterocycles. The van der Waals surface area contributed by atoms with Crippen LogP contribution in [0.15, 0.2) is 42.7 Å². The molecule has 0 atom stereocenters. The second-order valence-electron chi connectivity index (χ2n) is 7.32. The summed E-state index contributed by atoms with van der Waals surface area (Å²) in [5.74, 6) is -0.249. The number of carboxylic acid groups (broad SMARTS) is 1. The second kappa shape index (κ2) is 7.46. The Morgan fingerprint density at radius 2 is 2.14 bits per heavy atom. The maximum Gasteiger partial charge on any atom is 0.306 e. The van der Waals surface area contributed by atoms with Gasteiger partial charge in [0.1, 0.15) is 0 Å². The van der Waals surface area contributed by atoms with E-state index >= 15 is 0 Å². The van der Waals surface area contributed by atoms with E-state index in [4.69, 9.17) is 9.84 Å². The number of fused-ring (bicyclic) bond motifs is 2. The van der Waals surface area contributed by atoms with Crippen molar-refractivity contribution in [2.24, 2.45) is 5.92 Å². The highest BCUT2D eigenvalue weighted by Gasteiger charge is 2.25. The summed E-state index contributed by atoms with van der Waals surface area (Å²) in [6.45, 7) is 2.35. The van der Waals surface area contributed by atoms with Crippen molar-refractivity contribution in [3.8, 4) is 10.9 Å². The number of nitrogens with zero attached hydrogens (tertiary/aromatic N) is 3. The number of H-pyrrole nitrogens is 1. The third-order valence-corrected chi connectivity index (χ3v) is 6.29. The molecule has 0 spiro atoms. The second-order valence-corrected chi connectivity index (χ2v) is 8.31. The number of aromatic nitrogens is 3. The minimum Gasteiger partial charge on any atom is -0.481 e. The molecule has 4 heterocycles. The van der Waals surface area contributed by atoms with Crippen LogP contribution < -0.4 is 4.74 Å². The zero-order valence-corrected chi connectivity index (χ0v) is 16.5. The molecule has 148 valence electrons.